The third-order valence-corrected chi connectivity index (χ3v) is 4.31. The number of rotatable bonds is 2. The van der Waals surface area contributed by atoms with Crippen molar-refractivity contribution in [2.75, 3.05) is 0 Å². The fraction of sp³-hybridized carbons (Fsp3) is 0. The average molecular weight is 342 g/mol. The van der Waals surface area contributed by atoms with Gasteiger partial charge in [-0.05, 0) is 11.5 Å². The first-order valence-corrected chi connectivity index (χ1v) is 7.46. The zero-order chi connectivity index (χ0) is 13.6. The first-order valence-electron chi connectivity index (χ1n) is 4.65. The summed E-state index contributed by atoms with van der Waals surface area (Å²) in [6.07, 6.45) is 0. The van der Waals surface area contributed by atoms with E-state index in [2.05, 4.69) is 0 Å². The molecular formula is C10H6FeO6S2+. The summed E-state index contributed by atoms with van der Waals surface area (Å²) in [5, 5.41) is 0.281. The first kappa shape index (κ1) is 16.1. The molecule has 0 bridgehead atoms. The molecule has 0 N–H and O–H groups in total. The average Bonchev–Trinajstić information content (AvgIpc) is 2.24. The molecular weight excluding hydrogens is 336 g/mol. The smallest absolute Gasteiger partial charge is 0.744 e. The van der Waals surface area contributed by atoms with Gasteiger partial charge in [-0.3, -0.25) is 0 Å². The zero-order valence-corrected chi connectivity index (χ0v) is 11.8. The maximum atomic E-state index is 11.2. The van der Waals surface area contributed by atoms with Crippen molar-refractivity contribution in [1.82, 2.24) is 0 Å². The minimum Gasteiger partial charge on any atom is -0.744 e. The van der Waals surface area contributed by atoms with Gasteiger partial charge >= 0.3 is 17.1 Å². The van der Waals surface area contributed by atoms with Crippen molar-refractivity contribution in [2.24, 2.45) is 0 Å². The summed E-state index contributed by atoms with van der Waals surface area (Å²) >= 11 is 0. The molecule has 2 aromatic carbocycles. The van der Waals surface area contributed by atoms with Crippen LogP contribution in [-0.4, -0.2) is 25.9 Å². The minimum atomic E-state index is -5.07. The molecule has 0 fully saturated rings. The molecule has 101 valence electrons. The number of hydrogen-bond acceptors (Lipinski definition) is 6. The van der Waals surface area contributed by atoms with Crippen LogP contribution in [-0.2, 0) is 37.3 Å². The van der Waals surface area contributed by atoms with E-state index < -0.39 is 30.0 Å². The number of benzene rings is 2. The van der Waals surface area contributed by atoms with Crippen LogP contribution in [0.5, 0.6) is 0 Å². The van der Waals surface area contributed by atoms with Crippen LogP contribution in [0.25, 0.3) is 10.8 Å². The van der Waals surface area contributed by atoms with Gasteiger partial charge in [0, 0.05) is 5.39 Å². The molecule has 0 amide bonds. The summed E-state index contributed by atoms with van der Waals surface area (Å²) < 4.78 is 66.4. The number of hydrogen-bond donors (Lipinski definition) is 0. The summed E-state index contributed by atoms with van der Waals surface area (Å²) in [5.74, 6) is 0. The standard InChI is InChI=1S/C10H8O6S2.Fe/c11-17(12,13)9-6-5-7-3-1-2-4-8(7)10(9)18(14,15)16;/h1-6H,(H,11,12,13)(H,14,15,16);/q;+3/p-2. The molecule has 2 rings (SSSR count). The van der Waals surface area contributed by atoms with Gasteiger partial charge in [-0.2, -0.15) is 0 Å². The second kappa shape index (κ2) is 5.20. The quantitative estimate of drug-likeness (QED) is 0.584. The maximum Gasteiger partial charge on any atom is 3.00 e. The van der Waals surface area contributed by atoms with E-state index in [0.29, 0.717) is 5.39 Å². The molecule has 0 aliphatic rings. The summed E-state index contributed by atoms with van der Waals surface area (Å²) in [6.45, 7) is 0. The Morgan fingerprint density at radius 2 is 1.37 bits per heavy atom. The topological polar surface area (TPSA) is 114 Å². The van der Waals surface area contributed by atoms with Crippen LogP contribution in [0.1, 0.15) is 0 Å². The molecule has 2 aromatic rings. The Morgan fingerprint density at radius 1 is 0.789 bits per heavy atom. The van der Waals surface area contributed by atoms with Crippen LogP contribution in [0, 0.1) is 0 Å². The summed E-state index contributed by atoms with van der Waals surface area (Å²) in [5.41, 5.74) is 0. The summed E-state index contributed by atoms with van der Waals surface area (Å²) in [6, 6.07) is 7.91. The van der Waals surface area contributed by atoms with Crippen LogP contribution < -0.4 is 0 Å². The largest absolute Gasteiger partial charge is 3.00 e. The molecule has 19 heavy (non-hydrogen) atoms. The Morgan fingerprint density at radius 3 is 1.89 bits per heavy atom. The predicted molar refractivity (Wildman–Crippen MR) is 59.9 cm³/mol. The fourth-order valence-electron chi connectivity index (χ4n) is 1.68. The van der Waals surface area contributed by atoms with Gasteiger partial charge in [-0.1, -0.05) is 30.3 Å². The van der Waals surface area contributed by atoms with Gasteiger partial charge in [-0.25, -0.2) is 16.8 Å². The molecule has 0 atom stereocenters. The van der Waals surface area contributed by atoms with Crippen molar-refractivity contribution in [3.63, 3.8) is 0 Å². The van der Waals surface area contributed by atoms with E-state index in [1.165, 1.54) is 24.3 Å². The molecule has 0 saturated heterocycles. The van der Waals surface area contributed by atoms with Crippen molar-refractivity contribution in [3.8, 4) is 0 Å². The van der Waals surface area contributed by atoms with Gasteiger partial charge in [0.15, 0.2) is 0 Å². The molecule has 0 aliphatic carbocycles. The van der Waals surface area contributed by atoms with E-state index >= 15 is 0 Å². The molecule has 0 heterocycles. The van der Waals surface area contributed by atoms with E-state index in [1.54, 1.807) is 6.07 Å². The third kappa shape index (κ3) is 3.14. The van der Waals surface area contributed by atoms with E-state index in [9.17, 15) is 25.9 Å². The summed E-state index contributed by atoms with van der Waals surface area (Å²) in [4.78, 5) is -2.01. The van der Waals surface area contributed by atoms with Crippen LogP contribution in [0.4, 0.5) is 0 Å². The van der Waals surface area contributed by atoms with Crippen LogP contribution >= 0.6 is 0 Å². The summed E-state index contributed by atoms with van der Waals surface area (Å²) in [7, 11) is -10.1. The minimum absolute atomic E-state index is 0. The Balaban J connectivity index is 0.00000180. The molecule has 0 saturated carbocycles. The predicted octanol–water partition coefficient (Wildman–Crippen LogP) is 0.646. The molecule has 9 heteroatoms. The number of fused-ring (bicyclic) bond motifs is 1. The van der Waals surface area contributed by atoms with Crippen LogP contribution in [0.2, 0.25) is 0 Å². The van der Waals surface area contributed by atoms with Gasteiger partial charge in [0.05, 0.1) is 9.79 Å². The van der Waals surface area contributed by atoms with Gasteiger partial charge in [0.2, 0.25) is 0 Å². The SMILES string of the molecule is O=S(=O)([O-])c1ccc2ccccc2c1S(=O)(=O)[O-].[Fe+3]. The van der Waals surface area contributed by atoms with Gasteiger partial charge in [0.1, 0.15) is 20.2 Å². The Hall–Kier alpha value is -0.961. The van der Waals surface area contributed by atoms with Crippen LogP contribution in [0.15, 0.2) is 46.2 Å². The third-order valence-electron chi connectivity index (χ3n) is 2.36. The molecule has 0 unspecified atom stereocenters. The van der Waals surface area contributed by atoms with Gasteiger partial charge in [0.25, 0.3) is 0 Å². The Kier molecular flexibility index (Phi) is 4.40. The zero-order valence-electron chi connectivity index (χ0n) is 9.08. The Bertz CT molecular complexity index is 826. The van der Waals surface area contributed by atoms with Crippen LogP contribution in [0.3, 0.4) is 0 Å². The van der Waals surface area contributed by atoms with Crippen molar-refractivity contribution >= 4 is 31.0 Å². The van der Waals surface area contributed by atoms with Crippen molar-refractivity contribution in [1.29, 1.82) is 0 Å². The first-order chi connectivity index (χ1) is 8.21. The van der Waals surface area contributed by atoms with E-state index in [1.807, 2.05) is 0 Å². The Labute approximate surface area is 120 Å². The molecule has 1 radical (unpaired) electrons. The van der Waals surface area contributed by atoms with E-state index in [4.69, 9.17) is 0 Å². The molecule has 6 nitrogen and oxygen atoms in total. The van der Waals surface area contributed by atoms with E-state index in [-0.39, 0.29) is 22.5 Å². The van der Waals surface area contributed by atoms with Crippen molar-refractivity contribution < 1.29 is 43.0 Å². The molecule has 0 spiro atoms. The maximum absolute atomic E-state index is 11.2. The fourth-order valence-corrected chi connectivity index (χ4v) is 3.63. The second-order valence-corrected chi connectivity index (χ2v) is 6.19. The van der Waals surface area contributed by atoms with Crippen molar-refractivity contribution in [2.45, 2.75) is 9.79 Å². The van der Waals surface area contributed by atoms with E-state index in [0.717, 1.165) is 6.07 Å². The van der Waals surface area contributed by atoms with Gasteiger partial charge < -0.3 is 9.11 Å². The monoisotopic (exact) mass is 342 g/mol. The van der Waals surface area contributed by atoms with Gasteiger partial charge in [-0.15, -0.1) is 0 Å². The second-order valence-electron chi connectivity index (χ2n) is 3.52. The molecule has 0 aromatic heterocycles. The van der Waals surface area contributed by atoms with Crippen molar-refractivity contribution in [3.05, 3.63) is 36.4 Å². The molecule has 0 aliphatic heterocycles. The normalized spacial score (nSPS) is 12.1.